The summed E-state index contributed by atoms with van der Waals surface area (Å²) in [5, 5.41) is 4.13. The van der Waals surface area contributed by atoms with Crippen molar-refractivity contribution in [1.82, 2.24) is 0 Å². The molecule has 3 aromatic rings. The number of carbonyl (C=O) groups excluding carboxylic acids is 2. The quantitative estimate of drug-likeness (QED) is 0.233. The fourth-order valence-corrected chi connectivity index (χ4v) is 2.86. The molecule has 3 nitrogen and oxygen atoms in total. The van der Waals surface area contributed by atoms with Gasteiger partial charge in [-0.15, -0.1) is 0 Å². The Balaban J connectivity index is 2.34. The number of rotatable bonds is 4. The van der Waals surface area contributed by atoms with E-state index in [0.29, 0.717) is 0 Å². The van der Waals surface area contributed by atoms with E-state index in [1.807, 2.05) is 48.5 Å². The van der Waals surface area contributed by atoms with Gasteiger partial charge in [0.15, 0.2) is 5.78 Å². The van der Waals surface area contributed by atoms with Gasteiger partial charge in [-0.1, -0.05) is 48.5 Å². The first kappa shape index (κ1) is 15.9. The van der Waals surface area contributed by atoms with Crippen molar-refractivity contribution in [3.8, 4) is 0 Å². The van der Waals surface area contributed by atoms with Crippen molar-refractivity contribution in [2.45, 2.75) is 13.8 Å². The lowest BCUT2D eigenvalue weighted by atomic mass is 9.95. The lowest BCUT2D eigenvalue weighted by molar-refractivity contribution is -0.139. The summed E-state index contributed by atoms with van der Waals surface area (Å²) in [5.74, 6) is -0.882. The van der Waals surface area contributed by atoms with Crippen LogP contribution in [0, 0.1) is 0 Å². The molecule has 24 heavy (non-hydrogen) atoms. The highest BCUT2D eigenvalue weighted by Gasteiger charge is 2.17. The number of Topliss-reactive ketones (excluding diaryl/α,β-unsaturated/α-hetero) is 1. The number of fused-ring (bicyclic) bond motifs is 2. The van der Waals surface area contributed by atoms with E-state index in [1.54, 1.807) is 13.0 Å². The molecule has 0 heterocycles. The van der Waals surface area contributed by atoms with Crippen molar-refractivity contribution >= 4 is 39.4 Å². The standard InChI is InChI=1S/C21H18O3/c1-3-24-21(23)19(14(2)22)13-20-17-10-6-4-8-15(17)12-16-9-5-7-11-18(16)20/h4-13H,3H2,1-2H3/b19-13+. The van der Waals surface area contributed by atoms with Crippen molar-refractivity contribution in [2.75, 3.05) is 6.61 Å². The van der Waals surface area contributed by atoms with E-state index >= 15 is 0 Å². The van der Waals surface area contributed by atoms with Crippen LogP contribution in [-0.2, 0) is 14.3 Å². The highest BCUT2D eigenvalue weighted by Crippen LogP contribution is 2.30. The van der Waals surface area contributed by atoms with Crippen LogP contribution in [0.2, 0.25) is 0 Å². The van der Waals surface area contributed by atoms with Gasteiger partial charge in [-0.25, -0.2) is 4.79 Å². The van der Waals surface area contributed by atoms with Gasteiger partial charge in [-0.05, 0) is 53.1 Å². The molecule has 0 amide bonds. The molecule has 3 aromatic carbocycles. The smallest absolute Gasteiger partial charge is 0.341 e. The molecule has 0 N–H and O–H groups in total. The van der Waals surface area contributed by atoms with Crippen molar-refractivity contribution in [3.05, 3.63) is 65.7 Å². The SMILES string of the molecule is CCOC(=O)/C(=C/c1c2ccccc2cc2ccccc12)C(C)=O. The maximum absolute atomic E-state index is 12.1. The highest BCUT2D eigenvalue weighted by atomic mass is 16.5. The predicted molar refractivity (Wildman–Crippen MR) is 96.7 cm³/mol. The summed E-state index contributed by atoms with van der Waals surface area (Å²) >= 11 is 0. The number of ether oxygens (including phenoxy) is 1. The molecular weight excluding hydrogens is 300 g/mol. The number of esters is 1. The first-order chi connectivity index (χ1) is 11.6. The van der Waals surface area contributed by atoms with Crippen molar-refractivity contribution in [2.24, 2.45) is 0 Å². The second-order valence-electron chi connectivity index (χ2n) is 5.57. The Labute approximate surface area is 140 Å². The fourth-order valence-electron chi connectivity index (χ4n) is 2.86. The summed E-state index contributed by atoms with van der Waals surface area (Å²) in [6.07, 6.45) is 1.66. The van der Waals surface area contributed by atoms with Crippen LogP contribution in [0.4, 0.5) is 0 Å². The monoisotopic (exact) mass is 318 g/mol. The molecule has 0 aliphatic carbocycles. The van der Waals surface area contributed by atoms with Crippen molar-refractivity contribution in [3.63, 3.8) is 0 Å². The number of carbonyl (C=O) groups is 2. The zero-order chi connectivity index (χ0) is 17.1. The summed E-state index contributed by atoms with van der Waals surface area (Å²) in [7, 11) is 0. The van der Waals surface area contributed by atoms with Crippen LogP contribution >= 0.6 is 0 Å². The average Bonchev–Trinajstić information content (AvgIpc) is 2.58. The first-order valence-corrected chi connectivity index (χ1v) is 7.92. The van der Waals surface area contributed by atoms with Gasteiger partial charge in [0, 0.05) is 0 Å². The summed E-state index contributed by atoms with van der Waals surface area (Å²) in [6, 6.07) is 18.0. The molecule has 0 fully saturated rings. The lowest BCUT2D eigenvalue weighted by Gasteiger charge is -2.10. The molecule has 3 rings (SSSR count). The molecule has 0 atom stereocenters. The molecule has 0 radical (unpaired) electrons. The molecule has 120 valence electrons. The fraction of sp³-hybridized carbons (Fsp3) is 0.143. The minimum atomic E-state index is -0.581. The number of hydrogen-bond donors (Lipinski definition) is 0. The summed E-state index contributed by atoms with van der Waals surface area (Å²) in [6.45, 7) is 3.35. The maximum Gasteiger partial charge on any atom is 0.341 e. The highest BCUT2D eigenvalue weighted by molar-refractivity contribution is 6.22. The Hall–Kier alpha value is -2.94. The summed E-state index contributed by atoms with van der Waals surface area (Å²) in [5.41, 5.74) is 0.931. The number of benzene rings is 3. The van der Waals surface area contributed by atoms with E-state index in [0.717, 1.165) is 27.1 Å². The molecule has 0 aliphatic rings. The van der Waals surface area contributed by atoms with E-state index in [2.05, 4.69) is 6.07 Å². The zero-order valence-electron chi connectivity index (χ0n) is 13.7. The van der Waals surface area contributed by atoms with Gasteiger partial charge in [-0.3, -0.25) is 4.79 Å². The Morgan fingerprint density at radius 3 is 2.00 bits per heavy atom. The molecular formula is C21H18O3. The van der Waals surface area contributed by atoms with Gasteiger partial charge in [0.05, 0.1) is 6.61 Å². The van der Waals surface area contributed by atoms with Crippen LogP contribution in [0.5, 0.6) is 0 Å². The lowest BCUT2D eigenvalue weighted by Crippen LogP contribution is -2.13. The number of hydrogen-bond acceptors (Lipinski definition) is 3. The third kappa shape index (κ3) is 2.93. The van der Waals surface area contributed by atoms with Gasteiger partial charge in [-0.2, -0.15) is 0 Å². The minimum Gasteiger partial charge on any atom is -0.462 e. The predicted octanol–water partition coefficient (Wildman–Crippen LogP) is 4.53. The van der Waals surface area contributed by atoms with E-state index in [-0.39, 0.29) is 18.0 Å². The molecule has 0 unspecified atom stereocenters. The van der Waals surface area contributed by atoms with Crippen LogP contribution in [0.3, 0.4) is 0 Å². The first-order valence-electron chi connectivity index (χ1n) is 7.92. The molecule has 3 heteroatoms. The second-order valence-corrected chi connectivity index (χ2v) is 5.57. The van der Waals surface area contributed by atoms with Gasteiger partial charge in [0.1, 0.15) is 5.57 Å². The largest absolute Gasteiger partial charge is 0.462 e. The minimum absolute atomic E-state index is 0.0679. The van der Waals surface area contributed by atoms with Crippen LogP contribution in [-0.4, -0.2) is 18.4 Å². The van der Waals surface area contributed by atoms with Gasteiger partial charge in [0.2, 0.25) is 0 Å². The van der Waals surface area contributed by atoms with E-state index in [1.165, 1.54) is 6.92 Å². The Bertz CT molecular complexity index is 913. The van der Waals surface area contributed by atoms with Crippen molar-refractivity contribution < 1.29 is 14.3 Å². The molecule has 0 aliphatic heterocycles. The number of ketones is 1. The normalized spacial score (nSPS) is 11.7. The van der Waals surface area contributed by atoms with Gasteiger partial charge < -0.3 is 4.74 Å². The van der Waals surface area contributed by atoms with Crippen molar-refractivity contribution in [1.29, 1.82) is 0 Å². The Morgan fingerprint density at radius 1 is 0.958 bits per heavy atom. The third-order valence-corrected chi connectivity index (χ3v) is 3.98. The summed E-state index contributed by atoms with van der Waals surface area (Å²) < 4.78 is 5.03. The Morgan fingerprint density at radius 2 is 1.50 bits per heavy atom. The molecule has 0 saturated carbocycles. The molecule has 0 bridgehead atoms. The van der Waals surface area contributed by atoms with E-state index in [9.17, 15) is 9.59 Å². The summed E-state index contributed by atoms with van der Waals surface area (Å²) in [4.78, 5) is 24.1. The van der Waals surface area contributed by atoms with Crippen LogP contribution in [0.1, 0.15) is 19.4 Å². The zero-order valence-corrected chi connectivity index (χ0v) is 13.7. The third-order valence-electron chi connectivity index (χ3n) is 3.98. The maximum atomic E-state index is 12.1. The topological polar surface area (TPSA) is 43.4 Å². The Kier molecular flexibility index (Phi) is 4.43. The second kappa shape index (κ2) is 6.67. The molecule has 0 spiro atoms. The van der Waals surface area contributed by atoms with Crippen LogP contribution in [0.25, 0.3) is 27.6 Å². The average molecular weight is 318 g/mol. The van der Waals surface area contributed by atoms with Gasteiger partial charge in [0.25, 0.3) is 0 Å². The molecule has 0 saturated heterocycles. The van der Waals surface area contributed by atoms with E-state index in [4.69, 9.17) is 4.74 Å². The van der Waals surface area contributed by atoms with E-state index < -0.39 is 5.97 Å². The van der Waals surface area contributed by atoms with Crippen LogP contribution < -0.4 is 0 Å². The van der Waals surface area contributed by atoms with Gasteiger partial charge >= 0.3 is 5.97 Å². The van der Waals surface area contributed by atoms with Crippen LogP contribution in [0.15, 0.2) is 60.2 Å². The molecule has 0 aromatic heterocycles.